The summed E-state index contributed by atoms with van der Waals surface area (Å²) in [6.07, 6.45) is 1.42. The van der Waals surface area contributed by atoms with Crippen molar-refractivity contribution in [3.8, 4) is 0 Å². The van der Waals surface area contributed by atoms with Gasteiger partial charge in [0.15, 0.2) is 0 Å². The van der Waals surface area contributed by atoms with Crippen molar-refractivity contribution in [1.82, 2.24) is 9.21 Å². The van der Waals surface area contributed by atoms with Crippen LogP contribution in [0, 0.1) is 5.92 Å². The van der Waals surface area contributed by atoms with Crippen LogP contribution in [-0.4, -0.2) is 49.7 Å². The maximum absolute atomic E-state index is 12.8. The SMILES string of the molecule is CCN(CC)C(=O)[C@H]1CCCN(S(=O)(=O)Cc2ccc(Cl)c(Cl)c2)C1. The topological polar surface area (TPSA) is 57.7 Å². The largest absolute Gasteiger partial charge is 0.343 e. The molecule has 1 saturated heterocycles. The molecular formula is C17H24Cl2N2O3S. The van der Waals surface area contributed by atoms with Crippen LogP contribution in [0.15, 0.2) is 18.2 Å². The number of carbonyl (C=O) groups is 1. The van der Waals surface area contributed by atoms with Crippen LogP contribution >= 0.6 is 23.2 Å². The summed E-state index contributed by atoms with van der Waals surface area (Å²) in [6.45, 7) is 5.85. The molecule has 1 fully saturated rings. The molecule has 0 saturated carbocycles. The highest BCUT2D eigenvalue weighted by Gasteiger charge is 2.33. The molecule has 0 aliphatic carbocycles. The fourth-order valence-corrected chi connectivity index (χ4v) is 5.04. The van der Waals surface area contributed by atoms with Crippen LogP contribution in [0.1, 0.15) is 32.3 Å². The Morgan fingerprint density at radius 1 is 1.24 bits per heavy atom. The van der Waals surface area contributed by atoms with Gasteiger partial charge in [-0.1, -0.05) is 29.3 Å². The highest BCUT2D eigenvalue weighted by Crippen LogP contribution is 2.26. The summed E-state index contributed by atoms with van der Waals surface area (Å²) >= 11 is 11.8. The van der Waals surface area contributed by atoms with Gasteiger partial charge in [-0.2, -0.15) is 0 Å². The summed E-state index contributed by atoms with van der Waals surface area (Å²) in [5.41, 5.74) is 0.589. The monoisotopic (exact) mass is 406 g/mol. The zero-order chi connectivity index (χ0) is 18.6. The third-order valence-corrected chi connectivity index (χ3v) is 7.09. The molecule has 140 valence electrons. The molecule has 1 aromatic rings. The van der Waals surface area contributed by atoms with Crippen LogP contribution in [0.3, 0.4) is 0 Å². The minimum Gasteiger partial charge on any atom is -0.343 e. The Kier molecular flexibility index (Phi) is 7.14. The van der Waals surface area contributed by atoms with Crippen LogP contribution < -0.4 is 0 Å². The molecule has 0 aromatic heterocycles. The number of piperidine rings is 1. The highest BCUT2D eigenvalue weighted by atomic mass is 35.5. The summed E-state index contributed by atoms with van der Waals surface area (Å²) in [6, 6.07) is 4.83. The first-order valence-corrected chi connectivity index (χ1v) is 10.9. The molecule has 8 heteroatoms. The third-order valence-electron chi connectivity index (χ3n) is 4.53. The lowest BCUT2D eigenvalue weighted by Gasteiger charge is -2.33. The third kappa shape index (κ3) is 5.09. The van der Waals surface area contributed by atoms with Gasteiger partial charge in [-0.15, -0.1) is 0 Å². The van der Waals surface area contributed by atoms with Crippen LogP contribution in [0.5, 0.6) is 0 Å². The molecule has 0 spiro atoms. The highest BCUT2D eigenvalue weighted by molar-refractivity contribution is 7.88. The lowest BCUT2D eigenvalue weighted by atomic mass is 9.98. The lowest BCUT2D eigenvalue weighted by molar-refractivity contribution is -0.136. The van der Waals surface area contributed by atoms with E-state index in [-0.39, 0.29) is 24.1 Å². The van der Waals surface area contributed by atoms with E-state index in [0.29, 0.717) is 41.7 Å². The van der Waals surface area contributed by atoms with Gasteiger partial charge in [-0.25, -0.2) is 12.7 Å². The van der Waals surface area contributed by atoms with Crippen LogP contribution in [0.25, 0.3) is 0 Å². The molecule has 1 heterocycles. The maximum Gasteiger partial charge on any atom is 0.226 e. The molecular weight excluding hydrogens is 383 g/mol. The molecule has 2 rings (SSSR count). The molecule has 1 aliphatic heterocycles. The number of halogens is 2. The quantitative estimate of drug-likeness (QED) is 0.726. The molecule has 0 bridgehead atoms. The average Bonchev–Trinajstić information content (AvgIpc) is 2.59. The van der Waals surface area contributed by atoms with Gasteiger partial charge in [0.25, 0.3) is 0 Å². The molecule has 0 radical (unpaired) electrons. The Labute approximate surface area is 159 Å². The second-order valence-corrected chi connectivity index (χ2v) is 9.00. The van der Waals surface area contributed by atoms with Crippen molar-refractivity contribution in [2.24, 2.45) is 5.92 Å². The Bertz CT molecular complexity index is 721. The second kappa shape index (κ2) is 8.71. The second-order valence-electron chi connectivity index (χ2n) is 6.21. The first-order chi connectivity index (χ1) is 11.8. The predicted octanol–water partition coefficient (Wildman–Crippen LogP) is 3.40. The number of nitrogens with zero attached hydrogens (tertiary/aromatic N) is 2. The smallest absolute Gasteiger partial charge is 0.226 e. The normalized spacial score (nSPS) is 19.0. The van der Waals surface area contributed by atoms with Crippen molar-refractivity contribution in [3.63, 3.8) is 0 Å². The van der Waals surface area contributed by atoms with E-state index >= 15 is 0 Å². The lowest BCUT2D eigenvalue weighted by Crippen LogP contribution is -2.46. The first kappa shape index (κ1) is 20.5. The Morgan fingerprint density at radius 3 is 2.52 bits per heavy atom. The maximum atomic E-state index is 12.8. The van der Waals surface area contributed by atoms with Crippen LogP contribution in [-0.2, 0) is 20.6 Å². The summed E-state index contributed by atoms with van der Waals surface area (Å²) in [5.74, 6) is -0.368. The molecule has 1 amide bonds. The summed E-state index contributed by atoms with van der Waals surface area (Å²) in [4.78, 5) is 14.3. The Hall–Kier alpha value is -0.820. The van der Waals surface area contributed by atoms with E-state index < -0.39 is 10.0 Å². The van der Waals surface area contributed by atoms with Gasteiger partial charge in [0.05, 0.1) is 21.7 Å². The number of hydrogen-bond acceptors (Lipinski definition) is 3. The van der Waals surface area contributed by atoms with E-state index in [0.717, 1.165) is 6.42 Å². The van der Waals surface area contributed by atoms with E-state index in [2.05, 4.69) is 0 Å². The van der Waals surface area contributed by atoms with Crippen molar-refractivity contribution in [2.45, 2.75) is 32.4 Å². The summed E-state index contributed by atoms with van der Waals surface area (Å²) in [5, 5.41) is 0.730. The van der Waals surface area contributed by atoms with E-state index in [1.54, 1.807) is 23.1 Å². The molecule has 1 aliphatic rings. The summed E-state index contributed by atoms with van der Waals surface area (Å²) < 4.78 is 26.9. The van der Waals surface area contributed by atoms with Crippen LogP contribution in [0.2, 0.25) is 10.0 Å². The van der Waals surface area contributed by atoms with Gasteiger partial charge in [0.2, 0.25) is 15.9 Å². The minimum absolute atomic E-state index is 0.0411. The minimum atomic E-state index is -3.51. The van der Waals surface area contributed by atoms with Crippen molar-refractivity contribution in [2.75, 3.05) is 26.2 Å². The van der Waals surface area contributed by atoms with E-state index in [9.17, 15) is 13.2 Å². The molecule has 1 aromatic carbocycles. The van der Waals surface area contributed by atoms with Gasteiger partial charge in [0.1, 0.15) is 0 Å². The number of hydrogen-bond donors (Lipinski definition) is 0. The van der Waals surface area contributed by atoms with Crippen molar-refractivity contribution in [1.29, 1.82) is 0 Å². The molecule has 1 atom stereocenters. The zero-order valence-electron chi connectivity index (χ0n) is 14.5. The Balaban J connectivity index is 2.10. The number of benzene rings is 1. The van der Waals surface area contributed by atoms with Crippen LogP contribution in [0.4, 0.5) is 0 Å². The van der Waals surface area contributed by atoms with Gasteiger partial charge >= 0.3 is 0 Å². The molecule has 0 unspecified atom stereocenters. The van der Waals surface area contributed by atoms with Gasteiger partial charge in [-0.05, 0) is 44.4 Å². The molecule has 5 nitrogen and oxygen atoms in total. The van der Waals surface area contributed by atoms with Gasteiger partial charge < -0.3 is 4.90 Å². The van der Waals surface area contributed by atoms with E-state index in [1.165, 1.54) is 4.31 Å². The fraction of sp³-hybridized carbons (Fsp3) is 0.588. The predicted molar refractivity (Wildman–Crippen MR) is 101 cm³/mol. The number of rotatable bonds is 6. The van der Waals surface area contributed by atoms with Crippen molar-refractivity contribution >= 4 is 39.1 Å². The average molecular weight is 407 g/mol. The number of amides is 1. The number of sulfonamides is 1. The van der Waals surface area contributed by atoms with Gasteiger partial charge in [-0.3, -0.25) is 4.79 Å². The van der Waals surface area contributed by atoms with Crippen molar-refractivity contribution < 1.29 is 13.2 Å². The van der Waals surface area contributed by atoms with E-state index in [1.807, 2.05) is 13.8 Å². The number of carbonyl (C=O) groups excluding carboxylic acids is 1. The first-order valence-electron chi connectivity index (χ1n) is 8.49. The Morgan fingerprint density at radius 2 is 1.92 bits per heavy atom. The van der Waals surface area contributed by atoms with E-state index in [4.69, 9.17) is 23.2 Å². The molecule has 0 N–H and O–H groups in total. The molecule has 25 heavy (non-hydrogen) atoms. The fourth-order valence-electron chi connectivity index (χ4n) is 3.12. The van der Waals surface area contributed by atoms with Crippen molar-refractivity contribution in [3.05, 3.63) is 33.8 Å². The zero-order valence-corrected chi connectivity index (χ0v) is 16.9. The summed E-state index contributed by atoms with van der Waals surface area (Å²) in [7, 11) is -3.51. The standard InChI is InChI=1S/C17H24Cl2N2O3S/c1-3-20(4-2)17(22)14-6-5-9-21(11-14)25(23,24)12-13-7-8-15(18)16(19)10-13/h7-8,10,14H,3-6,9,11-12H2,1-2H3/t14-/m0/s1. The van der Waals surface area contributed by atoms with Gasteiger partial charge in [0, 0.05) is 26.2 Å².